The van der Waals surface area contributed by atoms with Crippen LogP contribution in [0, 0.1) is 0 Å². The Labute approximate surface area is 109 Å². The molecule has 19 heavy (non-hydrogen) atoms. The Kier molecular flexibility index (Phi) is 2.89. The number of hydrogen-bond acceptors (Lipinski definition) is 3. The third kappa shape index (κ3) is 2.16. The third-order valence-electron chi connectivity index (χ3n) is 3.07. The smallest absolute Gasteiger partial charge is 0.336 e. The van der Waals surface area contributed by atoms with Gasteiger partial charge in [-0.2, -0.15) is 0 Å². The van der Waals surface area contributed by atoms with E-state index in [0.29, 0.717) is 5.58 Å². The molecule has 0 aliphatic rings. The van der Waals surface area contributed by atoms with Crippen molar-refractivity contribution < 1.29 is 9.52 Å². The summed E-state index contributed by atoms with van der Waals surface area (Å²) in [6.45, 7) is -0.0206. The molecule has 0 saturated heterocycles. The Balaban J connectivity index is 2.32. The molecular formula is C16H12O3. The van der Waals surface area contributed by atoms with Crippen LogP contribution in [-0.4, -0.2) is 5.11 Å². The van der Waals surface area contributed by atoms with E-state index < -0.39 is 0 Å². The van der Waals surface area contributed by atoms with Crippen LogP contribution in [0.15, 0.2) is 63.8 Å². The summed E-state index contributed by atoms with van der Waals surface area (Å²) in [7, 11) is 0. The van der Waals surface area contributed by atoms with Crippen LogP contribution < -0.4 is 5.63 Å². The van der Waals surface area contributed by atoms with Gasteiger partial charge in [-0.1, -0.05) is 36.4 Å². The lowest BCUT2D eigenvalue weighted by Gasteiger charge is -2.06. The average molecular weight is 252 g/mol. The molecule has 3 nitrogen and oxygen atoms in total. The Bertz CT molecular complexity index is 787. The molecule has 0 aliphatic heterocycles. The van der Waals surface area contributed by atoms with E-state index in [1.54, 1.807) is 6.07 Å². The van der Waals surface area contributed by atoms with Gasteiger partial charge < -0.3 is 9.52 Å². The van der Waals surface area contributed by atoms with Crippen molar-refractivity contribution in [2.75, 3.05) is 0 Å². The topological polar surface area (TPSA) is 50.4 Å². The molecule has 2 aromatic carbocycles. The van der Waals surface area contributed by atoms with E-state index in [2.05, 4.69) is 0 Å². The van der Waals surface area contributed by atoms with Crippen LogP contribution in [0.5, 0.6) is 0 Å². The second-order valence-electron chi connectivity index (χ2n) is 4.33. The maximum atomic E-state index is 11.6. The van der Waals surface area contributed by atoms with Gasteiger partial charge in [0.1, 0.15) is 5.58 Å². The van der Waals surface area contributed by atoms with Crippen LogP contribution in [0.3, 0.4) is 0 Å². The molecule has 0 atom stereocenters. The van der Waals surface area contributed by atoms with Crippen molar-refractivity contribution in [2.24, 2.45) is 0 Å². The zero-order chi connectivity index (χ0) is 13.2. The number of para-hydroxylation sites is 1. The fourth-order valence-electron chi connectivity index (χ4n) is 2.19. The van der Waals surface area contributed by atoms with Crippen molar-refractivity contribution in [3.05, 3.63) is 70.6 Å². The number of fused-ring (bicyclic) bond motifs is 1. The molecule has 94 valence electrons. The Morgan fingerprint density at radius 3 is 2.68 bits per heavy atom. The molecule has 0 aliphatic carbocycles. The highest BCUT2D eigenvalue weighted by Crippen LogP contribution is 2.27. The summed E-state index contributed by atoms with van der Waals surface area (Å²) in [5.74, 6) is 0. The van der Waals surface area contributed by atoms with Gasteiger partial charge in [0.05, 0.1) is 6.61 Å². The standard InChI is InChI=1S/C16H12O3/c17-10-11-4-3-5-12(8-11)14-9-16(18)19-15-7-2-1-6-13(14)15/h1-9,17H,10H2. The molecule has 1 aromatic heterocycles. The highest BCUT2D eigenvalue weighted by atomic mass is 16.4. The van der Waals surface area contributed by atoms with Crippen molar-refractivity contribution >= 4 is 11.0 Å². The van der Waals surface area contributed by atoms with E-state index in [1.807, 2.05) is 42.5 Å². The largest absolute Gasteiger partial charge is 0.423 e. The molecule has 3 heteroatoms. The van der Waals surface area contributed by atoms with Crippen LogP contribution in [0.2, 0.25) is 0 Å². The van der Waals surface area contributed by atoms with E-state index in [1.165, 1.54) is 6.07 Å². The summed E-state index contributed by atoms with van der Waals surface area (Å²) in [4.78, 5) is 11.6. The lowest BCUT2D eigenvalue weighted by atomic mass is 10.0. The lowest BCUT2D eigenvalue weighted by Crippen LogP contribution is -1.98. The quantitative estimate of drug-likeness (QED) is 0.713. The number of hydrogen-bond donors (Lipinski definition) is 1. The normalized spacial score (nSPS) is 10.8. The summed E-state index contributed by atoms with van der Waals surface area (Å²) < 4.78 is 5.18. The highest BCUT2D eigenvalue weighted by Gasteiger charge is 2.07. The van der Waals surface area contributed by atoms with E-state index in [0.717, 1.165) is 22.1 Å². The van der Waals surface area contributed by atoms with Crippen LogP contribution in [0.25, 0.3) is 22.1 Å². The monoisotopic (exact) mass is 252 g/mol. The first-order valence-electron chi connectivity index (χ1n) is 6.01. The summed E-state index contributed by atoms with van der Waals surface area (Å²) in [5.41, 5.74) is 2.73. The predicted molar refractivity (Wildman–Crippen MR) is 73.8 cm³/mol. The zero-order valence-corrected chi connectivity index (χ0v) is 10.2. The highest BCUT2D eigenvalue weighted by molar-refractivity contribution is 5.93. The van der Waals surface area contributed by atoms with Gasteiger partial charge in [0, 0.05) is 11.5 Å². The van der Waals surface area contributed by atoms with Crippen LogP contribution in [0.4, 0.5) is 0 Å². The molecule has 1 heterocycles. The zero-order valence-electron chi connectivity index (χ0n) is 10.2. The molecule has 0 spiro atoms. The van der Waals surface area contributed by atoms with Gasteiger partial charge in [-0.25, -0.2) is 4.79 Å². The first-order chi connectivity index (χ1) is 9.28. The van der Waals surface area contributed by atoms with Crippen molar-refractivity contribution in [3.8, 4) is 11.1 Å². The van der Waals surface area contributed by atoms with E-state index in [-0.39, 0.29) is 12.2 Å². The molecule has 0 saturated carbocycles. The predicted octanol–water partition coefficient (Wildman–Crippen LogP) is 2.95. The molecule has 0 bridgehead atoms. The second kappa shape index (κ2) is 4.71. The Morgan fingerprint density at radius 2 is 1.84 bits per heavy atom. The van der Waals surface area contributed by atoms with Crippen LogP contribution in [0.1, 0.15) is 5.56 Å². The number of rotatable bonds is 2. The number of benzene rings is 2. The van der Waals surface area contributed by atoms with E-state index in [4.69, 9.17) is 4.42 Å². The average Bonchev–Trinajstić information content (AvgIpc) is 2.46. The van der Waals surface area contributed by atoms with Gasteiger partial charge in [-0.15, -0.1) is 0 Å². The molecule has 3 rings (SSSR count). The minimum absolute atomic E-state index is 0.0206. The van der Waals surface area contributed by atoms with Crippen molar-refractivity contribution in [2.45, 2.75) is 6.61 Å². The maximum Gasteiger partial charge on any atom is 0.336 e. The van der Waals surface area contributed by atoms with Crippen LogP contribution in [-0.2, 0) is 6.61 Å². The van der Waals surface area contributed by atoms with Gasteiger partial charge >= 0.3 is 5.63 Å². The number of aliphatic hydroxyl groups excluding tert-OH is 1. The first-order valence-corrected chi connectivity index (χ1v) is 6.01. The SMILES string of the molecule is O=c1cc(-c2cccc(CO)c2)c2ccccc2o1. The third-order valence-corrected chi connectivity index (χ3v) is 3.07. The summed E-state index contributed by atoms with van der Waals surface area (Å²) in [6, 6.07) is 16.4. The maximum absolute atomic E-state index is 11.6. The molecule has 0 unspecified atom stereocenters. The molecule has 1 N–H and O–H groups in total. The van der Waals surface area contributed by atoms with Gasteiger partial charge in [0.2, 0.25) is 0 Å². The molecule has 0 amide bonds. The van der Waals surface area contributed by atoms with Crippen molar-refractivity contribution in [1.29, 1.82) is 0 Å². The molecule has 0 radical (unpaired) electrons. The Morgan fingerprint density at radius 1 is 1.00 bits per heavy atom. The van der Waals surface area contributed by atoms with Crippen molar-refractivity contribution in [3.63, 3.8) is 0 Å². The summed E-state index contributed by atoms with van der Waals surface area (Å²) in [5, 5.41) is 10.1. The van der Waals surface area contributed by atoms with Gasteiger partial charge in [0.15, 0.2) is 0 Å². The summed E-state index contributed by atoms with van der Waals surface area (Å²) in [6.07, 6.45) is 0. The van der Waals surface area contributed by atoms with Gasteiger partial charge in [0.25, 0.3) is 0 Å². The van der Waals surface area contributed by atoms with Gasteiger partial charge in [-0.3, -0.25) is 0 Å². The molecule has 0 fully saturated rings. The van der Waals surface area contributed by atoms with Crippen molar-refractivity contribution in [1.82, 2.24) is 0 Å². The number of aliphatic hydroxyl groups is 1. The Hall–Kier alpha value is -2.39. The minimum Gasteiger partial charge on any atom is -0.423 e. The summed E-state index contributed by atoms with van der Waals surface area (Å²) >= 11 is 0. The fourth-order valence-corrected chi connectivity index (χ4v) is 2.19. The lowest BCUT2D eigenvalue weighted by molar-refractivity contribution is 0.282. The minimum atomic E-state index is -0.372. The van der Waals surface area contributed by atoms with E-state index in [9.17, 15) is 9.90 Å². The van der Waals surface area contributed by atoms with E-state index >= 15 is 0 Å². The van der Waals surface area contributed by atoms with Crippen LogP contribution >= 0.6 is 0 Å². The molecule has 3 aromatic rings. The fraction of sp³-hybridized carbons (Fsp3) is 0.0625. The van der Waals surface area contributed by atoms with Gasteiger partial charge in [-0.05, 0) is 28.8 Å². The molecular weight excluding hydrogens is 240 g/mol. The second-order valence-corrected chi connectivity index (χ2v) is 4.33. The first kappa shape index (κ1) is 11.7.